The van der Waals surface area contributed by atoms with E-state index in [1.54, 1.807) is 29.7 Å². The van der Waals surface area contributed by atoms with Gasteiger partial charge in [-0.3, -0.25) is 9.59 Å². The molecule has 2 aliphatic heterocycles. The van der Waals surface area contributed by atoms with Crippen LogP contribution in [0.4, 0.5) is 0 Å². The molecule has 0 aliphatic carbocycles. The molecule has 112 valence electrons. The molecule has 2 aliphatic rings. The van der Waals surface area contributed by atoms with Crippen LogP contribution in [0.15, 0.2) is 29.1 Å². The van der Waals surface area contributed by atoms with Crippen molar-refractivity contribution in [3.8, 4) is 22.6 Å². The Hall–Kier alpha value is -2.56. The first-order valence-electron chi connectivity index (χ1n) is 7.33. The molecular weight excluding hydrogens is 282 g/mol. The van der Waals surface area contributed by atoms with Crippen LogP contribution in [-0.4, -0.2) is 17.1 Å². The molecule has 0 saturated heterocycles. The van der Waals surface area contributed by atoms with Crippen molar-refractivity contribution < 1.29 is 14.3 Å². The smallest absolute Gasteiger partial charge is 0.258 e. The maximum Gasteiger partial charge on any atom is 0.258 e. The van der Waals surface area contributed by atoms with Crippen molar-refractivity contribution in [1.82, 2.24) is 4.57 Å². The zero-order valence-corrected chi connectivity index (χ0v) is 12.2. The largest absolute Gasteiger partial charge is 0.454 e. The molecule has 0 bridgehead atoms. The van der Waals surface area contributed by atoms with Crippen molar-refractivity contribution in [2.75, 3.05) is 6.79 Å². The molecule has 4 rings (SSSR count). The molecule has 5 heteroatoms. The van der Waals surface area contributed by atoms with Gasteiger partial charge in [-0.1, -0.05) is 6.07 Å². The van der Waals surface area contributed by atoms with Crippen LogP contribution in [0.2, 0.25) is 0 Å². The first-order valence-corrected chi connectivity index (χ1v) is 7.33. The maximum atomic E-state index is 12.7. The summed E-state index contributed by atoms with van der Waals surface area (Å²) in [6, 6.07) is 7.14. The lowest BCUT2D eigenvalue weighted by molar-refractivity contribution is 0.101. The number of carbonyl (C=O) groups excluding carboxylic acids is 1. The molecule has 3 heterocycles. The molecule has 22 heavy (non-hydrogen) atoms. The molecular formula is C17H15NO4. The van der Waals surface area contributed by atoms with E-state index in [0.717, 1.165) is 24.1 Å². The summed E-state index contributed by atoms with van der Waals surface area (Å²) in [6.07, 6.45) is 1.69. The molecule has 0 saturated carbocycles. The van der Waals surface area contributed by atoms with Crippen LogP contribution < -0.4 is 15.0 Å². The Kier molecular flexibility index (Phi) is 2.82. The van der Waals surface area contributed by atoms with Gasteiger partial charge in [-0.05, 0) is 43.5 Å². The van der Waals surface area contributed by atoms with Gasteiger partial charge in [0.1, 0.15) is 0 Å². The first kappa shape index (κ1) is 13.1. The predicted molar refractivity (Wildman–Crippen MR) is 80.6 cm³/mol. The summed E-state index contributed by atoms with van der Waals surface area (Å²) in [5.41, 5.74) is 2.75. The second-order valence-corrected chi connectivity index (χ2v) is 5.60. The fourth-order valence-electron chi connectivity index (χ4n) is 3.19. The second kappa shape index (κ2) is 4.73. The van der Waals surface area contributed by atoms with Crippen molar-refractivity contribution >= 4 is 5.78 Å². The Morgan fingerprint density at radius 3 is 2.82 bits per heavy atom. The summed E-state index contributed by atoms with van der Waals surface area (Å²) >= 11 is 0. The van der Waals surface area contributed by atoms with E-state index in [1.807, 2.05) is 6.07 Å². The number of fused-ring (bicyclic) bond motifs is 2. The highest BCUT2D eigenvalue weighted by atomic mass is 16.7. The van der Waals surface area contributed by atoms with Crippen molar-refractivity contribution in [3.05, 3.63) is 45.9 Å². The molecule has 0 spiro atoms. The highest BCUT2D eigenvalue weighted by Gasteiger charge is 2.23. The number of hydrogen-bond donors (Lipinski definition) is 0. The Bertz CT molecular complexity index is 850. The van der Waals surface area contributed by atoms with Crippen molar-refractivity contribution in [3.63, 3.8) is 0 Å². The van der Waals surface area contributed by atoms with E-state index in [-0.39, 0.29) is 18.1 Å². The monoisotopic (exact) mass is 297 g/mol. The van der Waals surface area contributed by atoms with E-state index in [1.165, 1.54) is 0 Å². The molecule has 0 amide bonds. The molecule has 0 unspecified atom stereocenters. The van der Waals surface area contributed by atoms with Crippen LogP contribution in [0.1, 0.15) is 29.4 Å². The number of aromatic nitrogens is 1. The zero-order valence-electron chi connectivity index (χ0n) is 12.2. The number of Topliss-reactive ketones (excluding diaryl/α,β-unsaturated/α-hetero) is 1. The normalized spacial score (nSPS) is 15.0. The predicted octanol–water partition coefficient (Wildman–Crippen LogP) is 2.39. The van der Waals surface area contributed by atoms with E-state index in [9.17, 15) is 9.59 Å². The quantitative estimate of drug-likeness (QED) is 0.799. The minimum atomic E-state index is -0.0450. The zero-order chi connectivity index (χ0) is 15.3. The summed E-state index contributed by atoms with van der Waals surface area (Å²) in [5, 5.41) is 0. The van der Waals surface area contributed by atoms with Crippen molar-refractivity contribution in [1.29, 1.82) is 0 Å². The minimum absolute atomic E-state index is 0.00681. The summed E-state index contributed by atoms with van der Waals surface area (Å²) < 4.78 is 12.4. The lowest BCUT2D eigenvalue weighted by atomic mass is 10.0. The van der Waals surface area contributed by atoms with Gasteiger partial charge in [-0.2, -0.15) is 0 Å². The summed E-state index contributed by atoms with van der Waals surface area (Å²) in [5.74, 6) is 1.30. The lowest BCUT2D eigenvalue weighted by Gasteiger charge is -2.11. The van der Waals surface area contributed by atoms with Gasteiger partial charge in [-0.15, -0.1) is 0 Å². The molecule has 5 nitrogen and oxygen atoms in total. The Balaban J connectivity index is 1.94. The molecule has 0 fully saturated rings. The number of hydrogen-bond acceptors (Lipinski definition) is 4. The standard InChI is InChI=1S/C17H15NO4/c1-10(19)12-8-13(17(20)18-6-2-3-14(12)18)11-4-5-15-16(7-11)22-9-21-15/h4-5,7-8H,2-3,6,9H2,1H3. The Morgan fingerprint density at radius 1 is 1.18 bits per heavy atom. The third-order valence-corrected chi connectivity index (χ3v) is 4.26. The van der Waals surface area contributed by atoms with Crippen LogP contribution in [0.25, 0.3) is 11.1 Å². The van der Waals surface area contributed by atoms with E-state index >= 15 is 0 Å². The molecule has 2 aromatic rings. The number of ether oxygens (including phenoxy) is 2. The first-order chi connectivity index (χ1) is 10.6. The van der Waals surface area contributed by atoms with Crippen molar-refractivity contribution in [2.24, 2.45) is 0 Å². The second-order valence-electron chi connectivity index (χ2n) is 5.60. The molecule has 1 aromatic carbocycles. The van der Waals surface area contributed by atoms with Gasteiger partial charge in [0.25, 0.3) is 5.56 Å². The minimum Gasteiger partial charge on any atom is -0.454 e. The van der Waals surface area contributed by atoms with Gasteiger partial charge in [-0.25, -0.2) is 0 Å². The number of ketones is 1. The summed E-state index contributed by atoms with van der Waals surface area (Å²) in [4.78, 5) is 24.6. The third kappa shape index (κ3) is 1.85. The highest BCUT2D eigenvalue weighted by Crippen LogP contribution is 2.35. The van der Waals surface area contributed by atoms with E-state index in [4.69, 9.17) is 9.47 Å². The fraction of sp³-hybridized carbons (Fsp3) is 0.294. The van der Waals surface area contributed by atoms with Crippen LogP contribution in [0.3, 0.4) is 0 Å². The van der Waals surface area contributed by atoms with Gasteiger partial charge >= 0.3 is 0 Å². The van der Waals surface area contributed by atoms with Gasteiger partial charge < -0.3 is 14.0 Å². The van der Waals surface area contributed by atoms with Crippen LogP contribution >= 0.6 is 0 Å². The number of pyridine rings is 1. The molecule has 0 radical (unpaired) electrons. The van der Waals surface area contributed by atoms with Gasteiger partial charge in [0.2, 0.25) is 6.79 Å². The topological polar surface area (TPSA) is 57.5 Å². The third-order valence-electron chi connectivity index (χ3n) is 4.26. The van der Waals surface area contributed by atoms with E-state index in [0.29, 0.717) is 29.2 Å². The van der Waals surface area contributed by atoms with Gasteiger partial charge in [0, 0.05) is 23.4 Å². The average Bonchev–Trinajstić information content (AvgIpc) is 3.15. The molecule has 0 atom stereocenters. The highest BCUT2D eigenvalue weighted by molar-refractivity contribution is 5.96. The Morgan fingerprint density at radius 2 is 2.00 bits per heavy atom. The van der Waals surface area contributed by atoms with Crippen LogP contribution in [-0.2, 0) is 13.0 Å². The van der Waals surface area contributed by atoms with E-state index < -0.39 is 0 Å². The SMILES string of the molecule is CC(=O)c1cc(-c2ccc3c(c2)OCO3)c(=O)n2c1CCC2. The van der Waals surface area contributed by atoms with E-state index in [2.05, 4.69) is 0 Å². The maximum absolute atomic E-state index is 12.7. The summed E-state index contributed by atoms with van der Waals surface area (Å²) in [6.45, 7) is 2.41. The van der Waals surface area contributed by atoms with Gasteiger partial charge in [0.15, 0.2) is 17.3 Å². The molecule has 1 aromatic heterocycles. The van der Waals surface area contributed by atoms with Crippen LogP contribution in [0.5, 0.6) is 11.5 Å². The van der Waals surface area contributed by atoms with Crippen molar-refractivity contribution in [2.45, 2.75) is 26.3 Å². The fourth-order valence-corrected chi connectivity index (χ4v) is 3.19. The number of rotatable bonds is 2. The number of benzene rings is 1. The number of carbonyl (C=O) groups is 1. The average molecular weight is 297 g/mol. The lowest BCUT2D eigenvalue weighted by Crippen LogP contribution is -2.23. The molecule has 0 N–H and O–H groups in total. The van der Waals surface area contributed by atoms with Crippen LogP contribution in [0, 0.1) is 0 Å². The number of nitrogens with zero attached hydrogens (tertiary/aromatic N) is 1. The summed E-state index contributed by atoms with van der Waals surface area (Å²) in [7, 11) is 0. The van der Waals surface area contributed by atoms with Gasteiger partial charge in [0.05, 0.1) is 0 Å². The Labute approximate surface area is 127 Å².